The monoisotopic (exact) mass is 192 g/mol. The number of carbonyl (C=O) groups is 1. The fourth-order valence-corrected chi connectivity index (χ4v) is 3.21. The van der Waals surface area contributed by atoms with Crippen molar-refractivity contribution in [3.05, 3.63) is 12.2 Å². The molecular formula is C13H20O. The van der Waals surface area contributed by atoms with Crippen LogP contribution in [-0.4, -0.2) is 5.78 Å². The molecule has 0 aromatic heterocycles. The highest BCUT2D eigenvalue weighted by Gasteiger charge is 2.39. The first-order chi connectivity index (χ1) is 6.70. The molecule has 2 aliphatic carbocycles. The van der Waals surface area contributed by atoms with E-state index in [0.29, 0.717) is 17.6 Å². The molecule has 0 aliphatic heterocycles. The summed E-state index contributed by atoms with van der Waals surface area (Å²) in [5, 5.41) is 0. The number of fused-ring (bicyclic) bond motifs is 1. The first-order valence-corrected chi connectivity index (χ1v) is 5.88. The van der Waals surface area contributed by atoms with E-state index in [-0.39, 0.29) is 0 Å². The minimum absolute atomic E-state index is 0.362. The smallest absolute Gasteiger partial charge is 0.136 e. The molecule has 0 bridgehead atoms. The summed E-state index contributed by atoms with van der Waals surface area (Å²) < 4.78 is 0. The zero-order chi connectivity index (χ0) is 10.1. The van der Waals surface area contributed by atoms with E-state index < -0.39 is 0 Å². The van der Waals surface area contributed by atoms with Crippen molar-refractivity contribution >= 4 is 5.78 Å². The molecule has 2 aliphatic rings. The van der Waals surface area contributed by atoms with Gasteiger partial charge in [-0.3, -0.25) is 4.79 Å². The molecule has 14 heavy (non-hydrogen) atoms. The summed E-state index contributed by atoms with van der Waals surface area (Å²) in [7, 11) is 0. The third-order valence-electron chi connectivity index (χ3n) is 4.03. The Morgan fingerprint density at radius 2 is 2.00 bits per heavy atom. The molecule has 0 radical (unpaired) electrons. The van der Waals surface area contributed by atoms with Gasteiger partial charge < -0.3 is 0 Å². The Hall–Kier alpha value is -0.590. The molecule has 3 atom stereocenters. The van der Waals surface area contributed by atoms with Gasteiger partial charge >= 0.3 is 0 Å². The standard InChI is InChI=1S/C13H20O/c1-9(2)10-7-8-13(14)12-6-4-3-5-11(10)12/h3-4,9-12H,5-8H2,1-2H3/t10-,11-,12+/m1/s1. The zero-order valence-corrected chi connectivity index (χ0v) is 9.20. The molecule has 0 amide bonds. The highest BCUT2D eigenvalue weighted by Crippen LogP contribution is 2.42. The maximum absolute atomic E-state index is 11.8. The Labute approximate surface area is 86.6 Å². The van der Waals surface area contributed by atoms with Gasteiger partial charge in [-0.05, 0) is 37.0 Å². The van der Waals surface area contributed by atoms with Gasteiger partial charge in [0.25, 0.3) is 0 Å². The average molecular weight is 192 g/mol. The molecular weight excluding hydrogens is 172 g/mol. The Morgan fingerprint density at radius 3 is 2.71 bits per heavy atom. The van der Waals surface area contributed by atoms with Crippen molar-refractivity contribution in [1.29, 1.82) is 0 Å². The van der Waals surface area contributed by atoms with Crippen LogP contribution in [0.15, 0.2) is 12.2 Å². The fourth-order valence-electron chi connectivity index (χ4n) is 3.21. The first kappa shape index (κ1) is 9.95. The van der Waals surface area contributed by atoms with E-state index >= 15 is 0 Å². The van der Waals surface area contributed by atoms with Crippen molar-refractivity contribution in [2.75, 3.05) is 0 Å². The van der Waals surface area contributed by atoms with Gasteiger partial charge in [0.05, 0.1) is 0 Å². The summed E-state index contributed by atoms with van der Waals surface area (Å²) >= 11 is 0. The van der Waals surface area contributed by atoms with E-state index in [2.05, 4.69) is 26.0 Å². The Balaban J connectivity index is 2.17. The van der Waals surface area contributed by atoms with Gasteiger partial charge in [0.15, 0.2) is 0 Å². The van der Waals surface area contributed by atoms with Crippen LogP contribution in [0.3, 0.4) is 0 Å². The molecule has 1 fully saturated rings. The van der Waals surface area contributed by atoms with Crippen LogP contribution in [0.5, 0.6) is 0 Å². The first-order valence-electron chi connectivity index (χ1n) is 5.88. The predicted octanol–water partition coefficient (Wildman–Crippen LogP) is 3.20. The lowest BCUT2D eigenvalue weighted by Gasteiger charge is -2.40. The molecule has 0 saturated heterocycles. The van der Waals surface area contributed by atoms with E-state index in [1.165, 1.54) is 0 Å². The van der Waals surface area contributed by atoms with Gasteiger partial charge in [-0.25, -0.2) is 0 Å². The second-order valence-electron chi connectivity index (χ2n) is 5.13. The van der Waals surface area contributed by atoms with E-state index in [1.54, 1.807) is 0 Å². The molecule has 1 nitrogen and oxygen atoms in total. The lowest BCUT2D eigenvalue weighted by Crippen LogP contribution is -2.38. The molecule has 0 aromatic carbocycles. The van der Waals surface area contributed by atoms with E-state index in [9.17, 15) is 4.79 Å². The Bertz CT molecular complexity index is 252. The molecule has 0 heterocycles. The lowest BCUT2D eigenvalue weighted by atomic mass is 9.64. The van der Waals surface area contributed by atoms with Crippen LogP contribution < -0.4 is 0 Å². The Kier molecular flexibility index (Phi) is 2.76. The SMILES string of the molecule is CC(C)[C@H]1CCC(=O)[C@H]2CC=CC[C@@H]21. The number of carbonyl (C=O) groups excluding carboxylic acids is 1. The summed E-state index contributed by atoms with van der Waals surface area (Å²) in [5.41, 5.74) is 0. The average Bonchev–Trinajstić information content (AvgIpc) is 2.18. The normalized spacial score (nSPS) is 37.4. The van der Waals surface area contributed by atoms with Gasteiger partial charge in [0.2, 0.25) is 0 Å². The zero-order valence-electron chi connectivity index (χ0n) is 9.20. The van der Waals surface area contributed by atoms with Crippen LogP contribution in [-0.2, 0) is 4.79 Å². The molecule has 2 rings (SSSR count). The van der Waals surface area contributed by atoms with Gasteiger partial charge in [0, 0.05) is 12.3 Å². The van der Waals surface area contributed by atoms with Crippen molar-refractivity contribution in [2.24, 2.45) is 23.7 Å². The molecule has 78 valence electrons. The minimum Gasteiger partial charge on any atom is -0.299 e. The molecule has 0 aromatic rings. The van der Waals surface area contributed by atoms with Crippen LogP contribution in [0.1, 0.15) is 39.5 Å². The van der Waals surface area contributed by atoms with Crippen molar-refractivity contribution < 1.29 is 4.79 Å². The molecule has 0 N–H and O–H groups in total. The van der Waals surface area contributed by atoms with Gasteiger partial charge in [-0.1, -0.05) is 26.0 Å². The number of rotatable bonds is 1. The van der Waals surface area contributed by atoms with Crippen LogP contribution in [0, 0.1) is 23.7 Å². The van der Waals surface area contributed by atoms with Crippen LogP contribution in [0.2, 0.25) is 0 Å². The van der Waals surface area contributed by atoms with E-state index in [1.807, 2.05) is 0 Å². The van der Waals surface area contributed by atoms with Crippen LogP contribution in [0.25, 0.3) is 0 Å². The van der Waals surface area contributed by atoms with Crippen LogP contribution in [0.4, 0.5) is 0 Å². The lowest BCUT2D eigenvalue weighted by molar-refractivity contribution is -0.129. The van der Waals surface area contributed by atoms with E-state index in [0.717, 1.165) is 37.5 Å². The second-order valence-corrected chi connectivity index (χ2v) is 5.13. The maximum Gasteiger partial charge on any atom is 0.136 e. The van der Waals surface area contributed by atoms with Gasteiger partial charge in [0.1, 0.15) is 5.78 Å². The highest BCUT2D eigenvalue weighted by atomic mass is 16.1. The summed E-state index contributed by atoms with van der Waals surface area (Å²) in [4.78, 5) is 11.8. The summed E-state index contributed by atoms with van der Waals surface area (Å²) in [6, 6.07) is 0. The Morgan fingerprint density at radius 1 is 1.29 bits per heavy atom. The second kappa shape index (κ2) is 3.88. The summed E-state index contributed by atoms with van der Waals surface area (Å²) in [6.07, 6.45) is 8.58. The van der Waals surface area contributed by atoms with Crippen molar-refractivity contribution in [1.82, 2.24) is 0 Å². The summed E-state index contributed by atoms with van der Waals surface area (Å²) in [6.45, 7) is 4.60. The van der Waals surface area contributed by atoms with Crippen molar-refractivity contribution in [3.8, 4) is 0 Å². The van der Waals surface area contributed by atoms with E-state index in [4.69, 9.17) is 0 Å². The quantitative estimate of drug-likeness (QED) is 0.583. The largest absolute Gasteiger partial charge is 0.299 e. The minimum atomic E-state index is 0.362. The van der Waals surface area contributed by atoms with Crippen molar-refractivity contribution in [2.45, 2.75) is 39.5 Å². The maximum atomic E-state index is 11.8. The number of hydrogen-bond acceptors (Lipinski definition) is 1. The molecule has 1 heteroatoms. The molecule has 1 saturated carbocycles. The van der Waals surface area contributed by atoms with Crippen molar-refractivity contribution in [3.63, 3.8) is 0 Å². The fraction of sp³-hybridized carbons (Fsp3) is 0.769. The summed E-state index contributed by atoms with van der Waals surface area (Å²) in [5.74, 6) is 3.06. The molecule has 0 unspecified atom stereocenters. The molecule has 0 spiro atoms. The third kappa shape index (κ3) is 1.65. The third-order valence-corrected chi connectivity index (χ3v) is 4.03. The topological polar surface area (TPSA) is 17.1 Å². The highest BCUT2D eigenvalue weighted by molar-refractivity contribution is 5.82. The number of ketones is 1. The van der Waals surface area contributed by atoms with Gasteiger partial charge in [-0.2, -0.15) is 0 Å². The number of hydrogen-bond donors (Lipinski definition) is 0. The van der Waals surface area contributed by atoms with Crippen LogP contribution >= 0.6 is 0 Å². The number of allylic oxidation sites excluding steroid dienone is 2. The predicted molar refractivity (Wildman–Crippen MR) is 57.9 cm³/mol. The number of Topliss-reactive ketones (excluding diaryl/α,β-unsaturated/α-hetero) is 1. The van der Waals surface area contributed by atoms with Gasteiger partial charge in [-0.15, -0.1) is 0 Å².